The predicted molar refractivity (Wildman–Crippen MR) is 61.3 cm³/mol. The van der Waals surface area contributed by atoms with Crippen LogP contribution in [0.3, 0.4) is 0 Å². The summed E-state index contributed by atoms with van der Waals surface area (Å²) in [5.74, 6) is 0.187. The highest BCUT2D eigenvalue weighted by atomic mass is 32.2. The Balaban J connectivity index is 2.64. The number of ketones is 1. The van der Waals surface area contributed by atoms with E-state index in [-0.39, 0.29) is 23.9 Å². The molecule has 1 aliphatic heterocycles. The maximum absolute atomic E-state index is 12.0. The molecule has 86 valence electrons. The summed E-state index contributed by atoms with van der Waals surface area (Å²) in [5.41, 5.74) is 1.51. The molecule has 1 aliphatic rings. The van der Waals surface area contributed by atoms with E-state index < -0.39 is 9.84 Å². The molecule has 1 atom stereocenters. The second-order valence-corrected chi connectivity index (χ2v) is 6.37. The molecule has 0 N–H and O–H groups in total. The molecule has 0 saturated heterocycles. The van der Waals surface area contributed by atoms with Crippen LogP contribution in [0.25, 0.3) is 0 Å². The number of hydrogen-bond donors (Lipinski definition) is 0. The molecular formula is C12H14O3S. The fourth-order valence-corrected chi connectivity index (χ4v) is 4.45. The van der Waals surface area contributed by atoms with Crippen LogP contribution in [0.4, 0.5) is 0 Å². The van der Waals surface area contributed by atoms with Crippen molar-refractivity contribution in [2.24, 2.45) is 0 Å². The fourth-order valence-electron chi connectivity index (χ4n) is 2.28. The molecule has 0 amide bonds. The average molecular weight is 238 g/mol. The molecule has 3 nitrogen and oxygen atoms in total. The van der Waals surface area contributed by atoms with Crippen molar-refractivity contribution in [3.63, 3.8) is 0 Å². The van der Waals surface area contributed by atoms with Gasteiger partial charge in [-0.15, -0.1) is 0 Å². The van der Waals surface area contributed by atoms with Crippen LogP contribution in [0.5, 0.6) is 0 Å². The molecule has 1 heterocycles. The Morgan fingerprint density at radius 1 is 1.44 bits per heavy atom. The normalized spacial score (nSPS) is 21.8. The summed E-state index contributed by atoms with van der Waals surface area (Å²) in [6, 6.07) is 5.40. The Morgan fingerprint density at radius 3 is 2.75 bits per heavy atom. The van der Waals surface area contributed by atoms with E-state index in [1.807, 2.05) is 19.1 Å². The summed E-state index contributed by atoms with van der Waals surface area (Å²) >= 11 is 0. The molecule has 2 rings (SSSR count). The zero-order valence-corrected chi connectivity index (χ0v) is 10.2. The second kappa shape index (κ2) is 3.70. The molecule has 0 radical (unpaired) electrons. The molecule has 0 aliphatic carbocycles. The third-order valence-electron chi connectivity index (χ3n) is 2.88. The van der Waals surface area contributed by atoms with Crippen LogP contribution < -0.4 is 0 Å². The van der Waals surface area contributed by atoms with E-state index in [4.69, 9.17) is 0 Å². The number of fused-ring (bicyclic) bond motifs is 1. The van der Waals surface area contributed by atoms with Gasteiger partial charge in [0.15, 0.2) is 9.84 Å². The van der Waals surface area contributed by atoms with Gasteiger partial charge in [0.05, 0.1) is 10.6 Å². The van der Waals surface area contributed by atoms with Gasteiger partial charge in [-0.1, -0.05) is 25.1 Å². The number of Topliss-reactive ketones (excluding diaryl/α,β-unsaturated/α-hetero) is 1. The van der Waals surface area contributed by atoms with E-state index in [0.29, 0.717) is 10.5 Å². The van der Waals surface area contributed by atoms with Gasteiger partial charge >= 0.3 is 0 Å². The lowest BCUT2D eigenvalue weighted by atomic mass is 9.99. The lowest BCUT2D eigenvalue weighted by Crippen LogP contribution is -2.06. The molecule has 0 spiro atoms. The first kappa shape index (κ1) is 11.3. The van der Waals surface area contributed by atoms with Crippen LogP contribution in [0, 0.1) is 0 Å². The molecular weight excluding hydrogens is 224 g/mol. The minimum Gasteiger partial charge on any atom is -0.300 e. The zero-order valence-electron chi connectivity index (χ0n) is 9.36. The minimum absolute atomic E-state index is 0.0110. The number of rotatable bonds is 2. The molecule has 0 aromatic heterocycles. The van der Waals surface area contributed by atoms with Gasteiger partial charge in [0.1, 0.15) is 5.78 Å². The van der Waals surface area contributed by atoms with Gasteiger partial charge < -0.3 is 0 Å². The maximum Gasteiger partial charge on any atom is 0.179 e. The van der Waals surface area contributed by atoms with Crippen LogP contribution in [0.15, 0.2) is 23.1 Å². The predicted octanol–water partition coefficient (Wildman–Crippen LogP) is 1.71. The molecule has 16 heavy (non-hydrogen) atoms. The lowest BCUT2D eigenvalue weighted by Gasteiger charge is -2.06. The van der Waals surface area contributed by atoms with E-state index in [1.165, 1.54) is 6.92 Å². The molecule has 4 heteroatoms. The number of carbonyl (C=O) groups is 1. The second-order valence-electron chi connectivity index (χ2n) is 4.40. The fraction of sp³-hybridized carbons (Fsp3) is 0.417. The third kappa shape index (κ3) is 1.78. The summed E-state index contributed by atoms with van der Waals surface area (Å²) in [6.07, 6.45) is 0.203. The summed E-state index contributed by atoms with van der Waals surface area (Å²) in [6.45, 7) is 3.38. The van der Waals surface area contributed by atoms with Crippen molar-refractivity contribution in [3.8, 4) is 0 Å². The molecule has 0 fully saturated rings. The SMILES string of the molecule is CC(=O)Cc1cccc2c1S(=O)(=O)CC2C. The lowest BCUT2D eigenvalue weighted by molar-refractivity contribution is -0.116. The van der Waals surface area contributed by atoms with E-state index in [9.17, 15) is 13.2 Å². The van der Waals surface area contributed by atoms with Gasteiger partial charge in [0, 0.05) is 6.42 Å². The number of hydrogen-bond acceptors (Lipinski definition) is 3. The molecule has 0 bridgehead atoms. The summed E-state index contributed by atoms with van der Waals surface area (Å²) < 4.78 is 23.9. The highest BCUT2D eigenvalue weighted by Gasteiger charge is 2.34. The summed E-state index contributed by atoms with van der Waals surface area (Å²) in [4.78, 5) is 11.5. The standard InChI is InChI=1S/C12H14O3S/c1-8-7-16(14,15)12-10(6-9(2)13)4-3-5-11(8)12/h3-5,8H,6-7H2,1-2H3. The molecule has 0 saturated carbocycles. The van der Waals surface area contributed by atoms with Gasteiger partial charge in [0.2, 0.25) is 0 Å². The Kier molecular flexibility index (Phi) is 2.62. The van der Waals surface area contributed by atoms with Gasteiger partial charge in [-0.3, -0.25) is 4.79 Å². The van der Waals surface area contributed by atoms with Gasteiger partial charge in [-0.25, -0.2) is 8.42 Å². The van der Waals surface area contributed by atoms with Crippen LogP contribution in [-0.4, -0.2) is 20.0 Å². The monoisotopic (exact) mass is 238 g/mol. The zero-order chi connectivity index (χ0) is 11.9. The van der Waals surface area contributed by atoms with Gasteiger partial charge in [0.25, 0.3) is 0 Å². The first-order chi connectivity index (χ1) is 7.42. The van der Waals surface area contributed by atoms with Crippen molar-refractivity contribution < 1.29 is 13.2 Å². The van der Waals surface area contributed by atoms with Crippen molar-refractivity contribution >= 4 is 15.6 Å². The highest BCUT2D eigenvalue weighted by molar-refractivity contribution is 7.91. The summed E-state index contributed by atoms with van der Waals surface area (Å²) in [7, 11) is -3.18. The number of carbonyl (C=O) groups excluding carboxylic acids is 1. The van der Waals surface area contributed by atoms with Crippen LogP contribution >= 0.6 is 0 Å². The first-order valence-electron chi connectivity index (χ1n) is 5.26. The average Bonchev–Trinajstić information content (AvgIpc) is 2.37. The van der Waals surface area contributed by atoms with Crippen LogP contribution in [0.2, 0.25) is 0 Å². The summed E-state index contributed by atoms with van der Waals surface area (Å²) in [5, 5.41) is 0. The highest BCUT2D eigenvalue weighted by Crippen LogP contribution is 2.36. The van der Waals surface area contributed by atoms with Crippen molar-refractivity contribution in [1.82, 2.24) is 0 Å². The van der Waals surface area contributed by atoms with E-state index >= 15 is 0 Å². The van der Waals surface area contributed by atoms with Crippen molar-refractivity contribution in [1.29, 1.82) is 0 Å². The van der Waals surface area contributed by atoms with Gasteiger partial charge in [-0.2, -0.15) is 0 Å². The van der Waals surface area contributed by atoms with Crippen molar-refractivity contribution in [2.45, 2.75) is 31.1 Å². The van der Waals surface area contributed by atoms with Crippen molar-refractivity contribution in [3.05, 3.63) is 29.3 Å². The first-order valence-corrected chi connectivity index (χ1v) is 6.91. The topological polar surface area (TPSA) is 51.2 Å². The van der Waals surface area contributed by atoms with Crippen LogP contribution in [-0.2, 0) is 21.1 Å². The number of sulfone groups is 1. The molecule has 1 aromatic rings. The quantitative estimate of drug-likeness (QED) is 0.788. The van der Waals surface area contributed by atoms with E-state index in [2.05, 4.69) is 0 Å². The largest absolute Gasteiger partial charge is 0.300 e. The Morgan fingerprint density at radius 2 is 2.12 bits per heavy atom. The third-order valence-corrected chi connectivity index (χ3v) is 4.94. The van der Waals surface area contributed by atoms with E-state index in [1.54, 1.807) is 6.07 Å². The van der Waals surface area contributed by atoms with E-state index in [0.717, 1.165) is 5.56 Å². The Hall–Kier alpha value is -1.16. The number of benzene rings is 1. The molecule has 1 aromatic carbocycles. The minimum atomic E-state index is -3.18. The van der Waals surface area contributed by atoms with Gasteiger partial charge in [-0.05, 0) is 24.0 Å². The molecule has 1 unspecified atom stereocenters. The Bertz CT molecular complexity index is 543. The van der Waals surface area contributed by atoms with Crippen molar-refractivity contribution in [2.75, 3.05) is 5.75 Å². The Labute approximate surface area is 95.4 Å². The maximum atomic E-state index is 12.0. The van der Waals surface area contributed by atoms with Crippen LogP contribution in [0.1, 0.15) is 30.9 Å². The smallest absolute Gasteiger partial charge is 0.179 e.